The van der Waals surface area contributed by atoms with Gasteiger partial charge in [0.05, 0.1) is 5.69 Å². The van der Waals surface area contributed by atoms with Gasteiger partial charge in [0, 0.05) is 38.1 Å². The van der Waals surface area contributed by atoms with E-state index in [1.165, 1.54) is 29.7 Å². The van der Waals surface area contributed by atoms with Crippen molar-refractivity contribution in [3.8, 4) is 11.3 Å². The second-order valence-electron chi connectivity index (χ2n) is 4.74. The minimum absolute atomic E-state index is 1.06. The summed E-state index contributed by atoms with van der Waals surface area (Å²) in [7, 11) is 4.12. The highest BCUT2D eigenvalue weighted by Crippen LogP contribution is 2.30. The van der Waals surface area contributed by atoms with E-state index in [-0.39, 0.29) is 0 Å². The zero-order chi connectivity index (χ0) is 11.8. The van der Waals surface area contributed by atoms with Crippen LogP contribution in [0.15, 0.2) is 30.5 Å². The third-order valence-electron chi connectivity index (χ3n) is 3.44. The number of benzene rings is 1. The van der Waals surface area contributed by atoms with Crippen LogP contribution in [0.25, 0.3) is 11.3 Å². The molecule has 0 fully saturated rings. The zero-order valence-electron chi connectivity index (χ0n) is 10.3. The summed E-state index contributed by atoms with van der Waals surface area (Å²) in [6.07, 6.45) is 4.41. The number of nitrogens with zero attached hydrogens (tertiary/aromatic N) is 3. The number of aromatic nitrogens is 2. The largest absolute Gasteiger partial charge is 0.374 e. The van der Waals surface area contributed by atoms with Crippen LogP contribution >= 0.6 is 0 Å². The maximum absolute atomic E-state index is 4.45. The molecule has 0 saturated heterocycles. The molecule has 1 aromatic heterocycles. The molecule has 1 aromatic carbocycles. The van der Waals surface area contributed by atoms with Gasteiger partial charge in [0.1, 0.15) is 0 Å². The molecule has 3 nitrogen and oxygen atoms in total. The third kappa shape index (κ3) is 1.82. The lowest BCUT2D eigenvalue weighted by Crippen LogP contribution is -2.24. The summed E-state index contributed by atoms with van der Waals surface area (Å²) in [5, 5.41) is 4.45. The second-order valence-corrected chi connectivity index (χ2v) is 4.74. The van der Waals surface area contributed by atoms with Gasteiger partial charge in [-0.1, -0.05) is 6.07 Å². The zero-order valence-corrected chi connectivity index (χ0v) is 10.3. The molecule has 0 saturated carbocycles. The maximum Gasteiger partial charge on any atom is 0.0923 e. The monoisotopic (exact) mass is 227 g/mol. The number of aryl methyl sites for hydroxylation is 2. The Morgan fingerprint density at radius 1 is 1.18 bits per heavy atom. The molecule has 2 heterocycles. The van der Waals surface area contributed by atoms with Crippen molar-refractivity contribution in [2.45, 2.75) is 12.8 Å². The van der Waals surface area contributed by atoms with E-state index in [0.717, 1.165) is 12.2 Å². The van der Waals surface area contributed by atoms with Crippen LogP contribution in [0.3, 0.4) is 0 Å². The van der Waals surface area contributed by atoms with E-state index >= 15 is 0 Å². The number of fused-ring (bicyclic) bond motifs is 1. The van der Waals surface area contributed by atoms with Crippen LogP contribution in [0, 0.1) is 0 Å². The van der Waals surface area contributed by atoms with Gasteiger partial charge in [0.15, 0.2) is 0 Å². The lowest BCUT2D eigenvalue weighted by atomic mass is 9.98. The molecule has 1 aliphatic rings. The van der Waals surface area contributed by atoms with Gasteiger partial charge in [0.25, 0.3) is 0 Å². The number of hydrogen-bond donors (Lipinski definition) is 0. The fourth-order valence-electron chi connectivity index (χ4n) is 2.51. The quantitative estimate of drug-likeness (QED) is 0.746. The summed E-state index contributed by atoms with van der Waals surface area (Å²) >= 11 is 0. The normalized spacial score (nSPS) is 14.8. The summed E-state index contributed by atoms with van der Waals surface area (Å²) < 4.78 is 1.85. The van der Waals surface area contributed by atoms with Crippen LogP contribution in [0.4, 0.5) is 5.69 Å². The van der Waals surface area contributed by atoms with Crippen molar-refractivity contribution >= 4 is 5.69 Å². The van der Waals surface area contributed by atoms with Gasteiger partial charge in [-0.15, -0.1) is 0 Å². The maximum atomic E-state index is 4.45. The molecule has 88 valence electrons. The van der Waals surface area contributed by atoms with Crippen LogP contribution in [0.2, 0.25) is 0 Å². The lowest BCUT2D eigenvalue weighted by Gasteiger charge is -2.27. The summed E-state index contributed by atoms with van der Waals surface area (Å²) in [6.45, 7) is 1.16. The molecular weight excluding hydrogens is 210 g/mol. The first-order chi connectivity index (χ1) is 8.24. The Bertz CT molecular complexity index is 542. The average Bonchev–Trinajstić information content (AvgIpc) is 2.76. The number of hydrogen-bond acceptors (Lipinski definition) is 2. The van der Waals surface area contributed by atoms with Gasteiger partial charge in [-0.05, 0) is 36.6 Å². The molecule has 0 N–H and O–H groups in total. The van der Waals surface area contributed by atoms with Gasteiger partial charge in [-0.25, -0.2) is 0 Å². The van der Waals surface area contributed by atoms with Crippen LogP contribution in [-0.4, -0.2) is 23.4 Å². The molecule has 3 heteroatoms. The summed E-state index contributed by atoms with van der Waals surface area (Å²) in [6, 6.07) is 8.74. The van der Waals surface area contributed by atoms with Crippen molar-refractivity contribution in [1.29, 1.82) is 0 Å². The average molecular weight is 227 g/mol. The van der Waals surface area contributed by atoms with Crippen molar-refractivity contribution in [3.63, 3.8) is 0 Å². The van der Waals surface area contributed by atoms with Crippen LogP contribution in [-0.2, 0) is 13.5 Å². The van der Waals surface area contributed by atoms with Crippen LogP contribution in [0.1, 0.15) is 12.0 Å². The topological polar surface area (TPSA) is 21.1 Å². The van der Waals surface area contributed by atoms with E-state index < -0.39 is 0 Å². The highest BCUT2D eigenvalue weighted by atomic mass is 15.2. The molecule has 0 bridgehead atoms. The molecule has 1 aliphatic heterocycles. The summed E-state index contributed by atoms with van der Waals surface area (Å²) in [4.78, 5) is 2.33. The van der Waals surface area contributed by atoms with Gasteiger partial charge in [0.2, 0.25) is 0 Å². The lowest BCUT2D eigenvalue weighted by molar-refractivity contribution is 0.744. The minimum Gasteiger partial charge on any atom is -0.374 e. The van der Waals surface area contributed by atoms with E-state index in [0.29, 0.717) is 0 Å². The summed E-state index contributed by atoms with van der Waals surface area (Å²) in [5.74, 6) is 0. The minimum atomic E-state index is 1.06. The van der Waals surface area contributed by atoms with E-state index in [9.17, 15) is 0 Å². The molecular formula is C14H17N3. The number of anilines is 1. The Labute approximate surface area is 102 Å². The molecule has 0 spiro atoms. The molecule has 0 atom stereocenters. The van der Waals surface area contributed by atoms with E-state index in [4.69, 9.17) is 0 Å². The highest BCUT2D eigenvalue weighted by Gasteiger charge is 2.14. The van der Waals surface area contributed by atoms with E-state index in [1.807, 2.05) is 17.9 Å². The number of rotatable bonds is 1. The first-order valence-electron chi connectivity index (χ1n) is 6.08. The van der Waals surface area contributed by atoms with Crippen molar-refractivity contribution in [2.75, 3.05) is 18.5 Å². The van der Waals surface area contributed by atoms with Crippen LogP contribution < -0.4 is 4.90 Å². The van der Waals surface area contributed by atoms with Crippen molar-refractivity contribution in [3.05, 3.63) is 36.0 Å². The molecule has 0 radical (unpaired) electrons. The fraction of sp³-hybridized carbons (Fsp3) is 0.357. The SMILES string of the molecule is CN1CCCc2cc(-c3ccn(C)n3)ccc21. The molecule has 0 amide bonds. The van der Waals surface area contributed by atoms with Gasteiger partial charge < -0.3 is 4.90 Å². The smallest absolute Gasteiger partial charge is 0.0923 e. The standard InChI is InChI=1S/C14H17N3/c1-16-8-3-4-12-10-11(5-6-14(12)16)13-7-9-17(2)15-13/h5-7,9-10H,3-4,8H2,1-2H3. The second kappa shape index (κ2) is 3.91. The fourth-order valence-corrected chi connectivity index (χ4v) is 2.51. The predicted octanol–water partition coefficient (Wildman–Crippen LogP) is 2.47. The Morgan fingerprint density at radius 3 is 2.82 bits per heavy atom. The Kier molecular flexibility index (Phi) is 2.39. The summed E-state index contributed by atoms with van der Waals surface area (Å²) in [5.41, 5.74) is 5.10. The van der Waals surface area contributed by atoms with Gasteiger partial charge >= 0.3 is 0 Å². The van der Waals surface area contributed by atoms with E-state index in [1.54, 1.807) is 0 Å². The van der Waals surface area contributed by atoms with Gasteiger partial charge in [-0.3, -0.25) is 4.68 Å². The molecule has 0 aliphatic carbocycles. The van der Waals surface area contributed by atoms with E-state index in [2.05, 4.69) is 41.3 Å². The third-order valence-corrected chi connectivity index (χ3v) is 3.44. The first kappa shape index (κ1) is 10.4. The van der Waals surface area contributed by atoms with Crippen LogP contribution in [0.5, 0.6) is 0 Å². The highest BCUT2D eigenvalue weighted by molar-refractivity contribution is 5.67. The van der Waals surface area contributed by atoms with Crippen molar-refractivity contribution in [2.24, 2.45) is 7.05 Å². The van der Waals surface area contributed by atoms with Gasteiger partial charge in [-0.2, -0.15) is 5.10 Å². The Hall–Kier alpha value is -1.77. The molecule has 17 heavy (non-hydrogen) atoms. The molecule has 2 aromatic rings. The Morgan fingerprint density at radius 2 is 2.06 bits per heavy atom. The first-order valence-corrected chi connectivity index (χ1v) is 6.08. The van der Waals surface area contributed by atoms with Crippen molar-refractivity contribution in [1.82, 2.24) is 9.78 Å². The molecule has 0 unspecified atom stereocenters. The van der Waals surface area contributed by atoms with Crippen molar-refractivity contribution < 1.29 is 0 Å². The molecule has 3 rings (SSSR count). The Balaban J connectivity index is 2.03. The predicted molar refractivity (Wildman–Crippen MR) is 70.2 cm³/mol.